The van der Waals surface area contributed by atoms with Crippen molar-refractivity contribution in [1.82, 2.24) is 5.32 Å². The van der Waals surface area contributed by atoms with Crippen LogP contribution in [0.2, 0.25) is 0 Å². The van der Waals surface area contributed by atoms with E-state index in [4.69, 9.17) is 0 Å². The van der Waals surface area contributed by atoms with Gasteiger partial charge in [0.1, 0.15) is 5.69 Å². The number of hydrogen-bond acceptors (Lipinski definition) is 5. The Labute approximate surface area is 150 Å². The van der Waals surface area contributed by atoms with Gasteiger partial charge in [-0.15, -0.1) is 11.3 Å². The molecule has 0 saturated carbocycles. The van der Waals surface area contributed by atoms with Crippen LogP contribution in [0.15, 0.2) is 35.7 Å². The summed E-state index contributed by atoms with van der Waals surface area (Å²) in [6, 6.07) is 8.62. The van der Waals surface area contributed by atoms with Gasteiger partial charge in [0.05, 0.1) is 11.5 Å². The van der Waals surface area contributed by atoms with Crippen LogP contribution in [0.5, 0.6) is 0 Å². The Morgan fingerprint density at radius 3 is 2.96 bits per heavy atom. The van der Waals surface area contributed by atoms with Crippen LogP contribution >= 0.6 is 11.3 Å². The molecule has 1 saturated heterocycles. The van der Waals surface area contributed by atoms with Crippen LogP contribution in [0.3, 0.4) is 0 Å². The molecule has 1 fully saturated rings. The number of thiophene rings is 1. The number of nitro benzene ring substituents is 1. The minimum Gasteiger partial charge on any atom is -0.366 e. The summed E-state index contributed by atoms with van der Waals surface area (Å²) in [6.07, 6.45) is 2.18. The monoisotopic (exact) mass is 359 g/mol. The third kappa shape index (κ3) is 4.17. The molecule has 1 aliphatic rings. The molecule has 3 rings (SSSR count). The smallest absolute Gasteiger partial charge is 0.293 e. The minimum atomic E-state index is -0.398. The summed E-state index contributed by atoms with van der Waals surface area (Å²) in [5, 5.41) is 16.3. The van der Waals surface area contributed by atoms with Gasteiger partial charge in [-0.1, -0.05) is 13.0 Å². The van der Waals surface area contributed by atoms with Gasteiger partial charge in [-0.25, -0.2) is 0 Å². The average Bonchev–Trinajstić information content (AvgIpc) is 3.12. The summed E-state index contributed by atoms with van der Waals surface area (Å²) in [4.78, 5) is 26.5. The van der Waals surface area contributed by atoms with Gasteiger partial charge in [-0.05, 0) is 42.3 Å². The molecule has 0 unspecified atom stereocenters. The maximum atomic E-state index is 12.3. The van der Waals surface area contributed by atoms with E-state index in [9.17, 15) is 14.9 Å². The Balaban J connectivity index is 1.78. The SMILES string of the molecule is C[C@H]1CCCN(c2ccc(C(=O)NCc3cccs3)cc2[N+](=O)[O-])C1. The van der Waals surface area contributed by atoms with Crippen LogP contribution in [0.1, 0.15) is 35.0 Å². The number of piperidine rings is 1. The van der Waals surface area contributed by atoms with Crippen molar-refractivity contribution in [2.24, 2.45) is 5.92 Å². The molecule has 2 aromatic rings. The second kappa shape index (κ2) is 7.65. The summed E-state index contributed by atoms with van der Waals surface area (Å²) < 4.78 is 0. The third-order valence-electron chi connectivity index (χ3n) is 4.44. The number of benzene rings is 1. The van der Waals surface area contributed by atoms with Gasteiger partial charge in [0.25, 0.3) is 11.6 Å². The first kappa shape index (κ1) is 17.4. The summed E-state index contributed by atoms with van der Waals surface area (Å²) in [7, 11) is 0. The van der Waals surface area contributed by atoms with Crippen molar-refractivity contribution in [3.8, 4) is 0 Å². The number of rotatable bonds is 5. The molecule has 7 heteroatoms. The molecule has 1 atom stereocenters. The highest BCUT2D eigenvalue weighted by Crippen LogP contribution is 2.32. The van der Waals surface area contributed by atoms with Crippen molar-refractivity contribution in [3.05, 3.63) is 56.3 Å². The Morgan fingerprint density at radius 2 is 2.28 bits per heavy atom. The standard InChI is InChI=1S/C18H21N3O3S/c1-13-4-2-8-20(12-13)16-7-6-14(10-17(16)21(23)24)18(22)19-11-15-5-3-9-25-15/h3,5-7,9-10,13H,2,4,8,11-12H2,1H3,(H,19,22)/t13-/m0/s1. The minimum absolute atomic E-state index is 0.00197. The Kier molecular flexibility index (Phi) is 5.33. The quantitative estimate of drug-likeness (QED) is 0.650. The molecule has 0 bridgehead atoms. The zero-order valence-corrected chi connectivity index (χ0v) is 14.9. The number of carbonyl (C=O) groups excluding carboxylic acids is 1. The number of nitrogens with one attached hydrogen (secondary N) is 1. The zero-order valence-electron chi connectivity index (χ0n) is 14.1. The van der Waals surface area contributed by atoms with E-state index in [1.807, 2.05) is 17.5 Å². The number of amides is 1. The molecule has 2 heterocycles. The van der Waals surface area contributed by atoms with E-state index in [0.717, 1.165) is 30.8 Å². The molecular weight excluding hydrogens is 338 g/mol. The fourth-order valence-electron chi connectivity index (χ4n) is 3.17. The van der Waals surface area contributed by atoms with Gasteiger partial charge in [-0.2, -0.15) is 0 Å². The maximum Gasteiger partial charge on any atom is 0.293 e. The van der Waals surface area contributed by atoms with Gasteiger partial charge >= 0.3 is 0 Å². The molecule has 0 radical (unpaired) electrons. The molecule has 1 aliphatic heterocycles. The van der Waals surface area contributed by atoms with E-state index in [1.165, 1.54) is 6.07 Å². The highest BCUT2D eigenvalue weighted by atomic mass is 32.1. The van der Waals surface area contributed by atoms with Crippen LogP contribution in [0.25, 0.3) is 0 Å². The topological polar surface area (TPSA) is 75.5 Å². The van der Waals surface area contributed by atoms with Crippen molar-refractivity contribution in [1.29, 1.82) is 0 Å². The highest BCUT2D eigenvalue weighted by molar-refractivity contribution is 7.09. The highest BCUT2D eigenvalue weighted by Gasteiger charge is 2.25. The maximum absolute atomic E-state index is 12.3. The normalized spacial score (nSPS) is 17.3. The molecule has 1 aromatic carbocycles. The lowest BCUT2D eigenvalue weighted by Gasteiger charge is -2.32. The van der Waals surface area contributed by atoms with E-state index in [-0.39, 0.29) is 11.6 Å². The summed E-state index contributed by atoms with van der Waals surface area (Å²) >= 11 is 1.56. The summed E-state index contributed by atoms with van der Waals surface area (Å²) in [6.45, 7) is 4.21. The van der Waals surface area contributed by atoms with Gasteiger partial charge in [0.2, 0.25) is 0 Å². The molecule has 6 nitrogen and oxygen atoms in total. The molecule has 1 N–H and O–H groups in total. The van der Waals surface area contributed by atoms with Gasteiger partial charge in [-0.3, -0.25) is 14.9 Å². The molecule has 0 aliphatic carbocycles. The molecule has 1 aromatic heterocycles. The first-order valence-corrected chi connectivity index (χ1v) is 9.26. The number of anilines is 1. The van der Waals surface area contributed by atoms with E-state index < -0.39 is 4.92 Å². The van der Waals surface area contributed by atoms with Crippen LogP contribution in [-0.2, 0) is 6.54 Å². The van der Waals surface area contributed by atoms with E-state index in [2.05, 4.69) is 17.1 Å². The molecule has 132 valence electrons. The summed E-state index contributed by atoms with van der Waals surface area (Å²) in [5.74, 6) is 0.220. The number of nitro groups is 1. The molecular formula is C18H21N3O3S. The Bertz CT molecular complexity index is 761. The lowest BCUT2D eigenvalue weighted by Crippen LogP contribution is -2.34. The van der Waals surface area contributed by atoms with Crippen LogP contribution in [-0.4, -0.2) is 23.9 Å². The number of hydrogen-bond donors (Lipinski definition) is 1. The number of carbonyl (C=O) groups is 1. The molecule has 25 heavy (non-hydrogen) atoms. The first-order valence-electron chi connectivity index (χ1n) is 8.38. The third-order valence-corrected chi connectivity index (χ3v) is 5.31. The van der Waals surface area contributed by atoms with E-state index in [0.29, 0.717) is 23.7 Å². The zero-order chi connectivity index (χ0) is 17.8. The Morgan fingerprint density at radius 1 is 1.44 bits per heavy atom. The van der Waals surface area contributed by atoms with Crippen molar-refractivity contribution < 1.29 is 9.72 Å². The predicted octanol–water partition coefficient (Wildman–Crippen LogP) is 3.82. The van der Waals surface area contributed by atoms with Gasteiger partial charge in [0, 0.05) is 29.6 Å². The Hall–Kier alpha value is -2.41. The summed E-state index contributed by atoms with van der Waals surface area (Å²) in [5.41, 5.74) is 0.918. The molecule has 1 amide bonds. The van der Waals surface area contributed by atoms with Gasteiger partial charge < -0.3 is 10.2 Å². The largest absolute Gasteiger partial charge is 0.366 e. The van der Waals surface area contributed by atoms with Crippen molar-refractivity contribution in [3.63, 3.8) is 0 Å². The van der Waals surface area contributed by atoms with Gasteiger partial charge in [0.15, 0.2) is 0 Å². The molecule has 0 spiro atoms. The first-order chi connectivity index (χ1) is 12.0. The van der Waals surface area contributed by atoms with Crippen LogP contribution < -0.4 is 10.2 Å². The second-order valence-electron chi connectivity index (χ2n) is 6.42. The lowest BCUT2D eigenvalue weighted by atomic mass is 9.99. The van der Waals surface area contributed by atoms with Crippen LogP contribution in [0.4, 0.5) is 11.4 Å². The van der Waals surface area contributed by atoms with Crippen molar-refractivity contribution >= 4 is 28.6 Å². The fourth-order valence-corrected chi connectivity index (χ4v) is 3.81. The second-order valence-corrected chi connectivity index (χ2v) is 7.45. The van der Waals surface area contributed by atoms with E-state index in [1.54, 1.807) is 23.5 Å². The fraction of sp³-hybridized carbons (Fsp3) is 0.389. The predicted molar refractivity (Wildman–Crippen MR) is 99.2 cm³/mol. The van der Waals surface area contributed by atoms with E-state index >= 15 is 0 Å². The van der Waals surface area contributed by atoms with Crippen LogP contribution in [0, 0.1) is 16.0 Å². The van der Waals surface area contributed by atoms with Crippen molar-refractivity contribution in [2.45, 2.75) is 26.3 Å². The number of nitrogens with zero attached hydrogens (tertiary/aromatic N) is 2. The lowest BCUT2D eigenvalue weighted by molar-refractivity contribution is -0.384. The average molecular weight is 359 g/mol. The van der Waals surface area contributed by atoms with Crippen molar-refractivity contribution in [2.75, 3.05) is 18.0 Å².